The molecular weight excluding hydrogens is 290 g/mol. The van der Waals surface area contributed by atoms with Gasteiger partial charge in [0.2, 0.25) is 0 Å². The molecule has 0 aliphatic heterocycles. The van der Waals surface area contributed by atoms with Crippen molar-refractivity contribution in [2.24, 2.45) is 5.92 Å². The molecule has 0 heterocycles. The van der Waals surface area contributed by atoms with Gasteiger partial charge in [0.25, 0.3) is 0 Å². The lowest BCUT2D eigenvalue weighted by atomic mass is 9.82. The number of hydrogen-bond donors (Lipinski definition) is 1. The van der Waals surface area contributed by atoms with Crippen molar-refractivity contribution >= 4 is 0 Å². The highest BCUT2D eigenvalue weighted by molar-refractivity contribution is 5.49. The van der Waals surface area contributed by atoms with Crippen LogP contribution < -0.4 is 5.32 Å². The van der Waals surface area contributed by atoms with Gasteiger partial charge in [-0.25, -0.2) is 0 Å². The minimum Gasteiger partial charge on any atom is -0.306 e. The van der Waals surface area contributed by atoms with E-state index in [4.69, 9.17) is 0 Å². The van der Waals surface area contributed by atoms with Gasteiger partial charge in [0.05, 0.1) is 0 Å². The molecule has 0 radical (unpaired) electrons. The Morgan fingerprint density at radius 2 is 1.83 bits per heavy atom. The Morgan fingerprint density at radius 1 is 1.12 bits per heavy atom. The van der Waals surface area contributed by atoms with Crippen molar-refractivity contribution in [1.82, 2.24) is 5.32 Å². The highest BCUT2D eigenvalue weighted by Gasteiger charge is 2.23. The van der Waals surface area contributed by atoms with Crippen LogP contribution in [0.2, 0.25) is 0 Å². The number of rotatable bonds is 7. The Balaban J connectivity index is 2.20. The quantitative estimate of drug-likeness (QED) is 0.590. The first-order valence-corrected chi connectivity index (χ1v) is 9.34. The van der Waals surface area contributed by atoms with Crippen LogP contribution in [0.3, 0.4) is 0 Å². The molecule has 130 valence electrons. The zero-order chi connectivity index (χ0) is 17.5. The molecule has 1 heteroatoms. The van der Waals surface area contributed by atoms with E-state index in [0.29, 0.717) is 12.0 Å². The fraction of sp³-hybridized carbons (Fsp3) is 0.478. The van der Waals surface area contributed by atoms with Crippen molar-refractivity contribution in [3.63, 3.8) is 0 Å². The number of nitrogens with one attached hydrogen (secondary N) is 1. The standard InChI is InChI=1S/C23H33N/c1-17(2)22(19(5)21-14-10-7-11-15-21)23(18(3)4)24-16-20-12-8-6-9-13-20/h6,8-9,12-14,18,23-24H,5,7,10-11,15-16H2,1-4H3. The first-order chi connectivity index (χ1) is 11.5. The summed E-state index contributed by atoms with van der Waals surface area (Å²) in [5.74, 6) is 0.527. The topological polar surface area (TPSA) is 12.0 Å². The van der Waals surface area contributed by atoms with Gasteiger partial charge < -0.3 is 5.32 Å². The number of hydrogen-bond acceptors (Lipinski definition) is 1. The van der Waals surface area contributed by atoms with E-state index >= 15 is 0 Å². The summed E-state index contributed by atoms with van der Waals surface area (Å²) in [4.78, 5) is 0. The van der Waals surface area contributed by atoms with Crippen LogP contribution in [0.4, 0.5) is 0 Å². The maximum atomic E-state index is 4.49. The summed E-state index contributed by atoms with van der Waals surface area (Å²) in [7, 11) is 0. The van der Waals surface area contributed by atoms with Gasteiger partial charge in [0.15, 0.2) is 0 Å². The molecule has 1 nitrogen and oxygen atoms in total. The molecular formula is C23H33N. The highest BCUT2D eigenvalue weighted by atomic mass is 14.9. The zero-order valence-corrected chi connectivity index (χ0v) is 15.9. The van der Waals surface area contributed by atoms with Crippen LogP contribution in [0.5, 0.6) is 0 Å². The normalized spacial score (nSPS) is 15.8. The molecule has 0 saturated heterocycles. The molecule has 0 saturated carbocycles. The Morgan fingerprint density at radius 3 is 2.38 bits per heavy atom. The Bertz CT molecular complexity index is 600. The van der Waals surface area contributed by atoms with Crippen molar-refractivity contribution in [3.05, 3.63) is 70.8 Å². The summed E-state index contributed by atoms with van der Waals surface area (Å²) in [6.45, 7) is 14.4. The first kappa shape index (κ1) is 18.7. The summed E-state index contributed by atoms with van der Waals surface area (Å²) >= 11 is 0. The molecule has 1 aliphatic carbocycles. The maximum absolute atomic E-state index is 4.49. The van der Waals surface area contributed by atoms with Gasteiger partial charge >= 0.3 is 0 Å². The van der Waals surface area contributed by atoms with Crippen LogP contribution in [-0.4, -0.2) is 6.04 Å². The SMILES string of the molecule is C=C(C1=CCCCC1)C(=C(C)C)C(NCc1ccccc1)C(C)C. The minimum absolute atomic E-state index is 0.338. The fourth-order valence-corrected chi connectivity index (χ4v) is 3.58. The second-order valence-electron chi connectivity index (χ2n) is 7.46. The van der Waals surface area contributed by atoms with E-state index in [1.807, 2.05) is 0 Å². The number of allylic oxidation sites excluding steroid dienone is 3. The summed E-state index contributed by atoms with van der Waals surface area (Å²) in [6.07, 6.45) is 7.40. The average molecular weight is 324 g/mol. The van der Waals surface area contributed by atoms with Crippen molar-refractivity contribution < 1.29 is 0 Å². The molecule has 1 unspecified atom stereocenters. The molecule has 2 rings (SSSR count). The molecule has 1 N–H and O–H groups in total. The van der Waals surface area contributed by atoms with Crippen LogP contribution in [0, 0.1) is 5.92 Å². The molecule has 1 atom stereocenters. The lowest BCUT2D eigenvalue weighted by Gasteiger charge is -2.30. The average Bonchev–Trinajstić information content (AvgIpc) is 2.59. The Labute approximate surface area is 148 Å². The summed E-state index contributed by atoms with van der Waals surface area (Å²) < 4.78 is 0. The Kier molecular flexibility index (Phi) is 7.05. The molecule has 0 spiro atoms. The summed E-state index contributed by atoms with van der Waals surface area (Å²) in [5.41, 5.74) is 6.84. The molecule has 0 bridgehead atoms. The summed E-state index contributed by atoms with van der Waals surface area (Å²) in [6, 6.07) is 11.0. The molecule has 1 aromatic carbocycles. The van der Waals surface area contributed by atoms with Gasteiger partial charge in [-0.3, -0.25) is 0 Å². The fourth-order valence-electron chi connectivity index (χ4n) is 3.58. The Hall–Kier alpha value is -1.60. The second kappa shape index (κ2) is 9.03. The van der Waals surface area contributed by atoms with Crippen LogP contribution >= 0.6 is 0 Å². The van der Waals surface area contributed by atoms with Crippen LogP contribution in [0.1, 0.15) is 58.9 Å². The van der Waals surface area contributed by atoms with Gasteiger partial charge in [-0.1, -0.05) is 62.4 Å². The van der Waals surface area contributed by atoms with Crippen molar-refractivity contribution in [1.29, 1.82) is 0 Å². The second-order valence-corrected chi connectivity index (χ2v) is 7.46. The van der Waals surface area contributed by atoms with Gasteiger partial charge in [-0.05, 0) is 67.7 Å². The molecule has 1 aromatic rings. The van der Waals surface area contributed by atoms with E-state index in [9.17, 15) is 0 Å². The largest absolute Gasteiger partial charge is 0.306 e. The van der Waals surface area contributed by atoms with Crippen LogP contribution in [-0.2, 0) is 6.54 Å². The van der Waals surface area contributed by atoms with Crippen LogP contribution in [0.25, 0.3) is 0 Å². The van der Waals surface area contributed by atoms with E-state index in [1.165, 1.54) is 53.5 Å². The molecule has 0 aromatic heterocycles. The zero-order valence-electron chi connectivity index (χ0n) is 15.9. The summed E-state index contributed by atoms with van der Waals surface area (Å²) in [5, 5.41) is 3.79. The minimum atomic E-state index is 0.338. The lowest BCUT2D eigenvalue weighted by molar-refractivity contribution is 0.445. The molecule has 24 heavy (non-hydrogen) atoms. The first-order valence-electron chi connectivity index (χ1n) is 9.34. The molecule has 1 aliphatic rings. The third kappa shape index (κ3) is 4.95. The lowest BCUT2D eigenvalue weighted by Crippen LogP contribution is -2.36. The predicted octanol–water partition coefficient (Wildman–Crippen LogP) is 6.19. The van der Waals surface area contributed by atoms with Crippen molar-refractivity contribution in [3.8, 4) is 0 Å². The maximum Gasteiger partial charge on any atom is 0.0351 e. The van der Waals surface area contributed by atoms with E-state index in [0.717, 1.165) is 6.54 Å². The van der Waals surface area contributed by atoms with Gasteiger partial charge in [0, 0.05) is 12.6 Å². The smallest absolute Gasteiger partial charge is 0.0351 e. The highest BCUT2D eigenvalue weighted by Crippen LogP contribution is 2.32. The number of benzene rings is 1. The van der Waals surface area contributed by atoms with Gasteiger partial charge in [0.1, 0.15) is 0 Å². The van der Waals surface area contributed by atoms with Gasteiger partial charge in [-0.2, -0.15) is 0 Å². The van der Waals surface area contributed by atoms with E-state index < -0.39 is 0 Å². The van der Waals surface area contributed by atoms with Crippen molar-refractivity contribution in [2.45, 2.75) is 66.0 Å². The van der Waals surface area contributed by atoms with Gasteiger partial charge in [-0.15, -0.1) is 0 Å². The van der Waals surface area contributed by atoms with E-state index in [-0.39, 0.29) is 0 Å². The predicted molar refractivity (Wildman–Crippen MR) is 106 cm³/mol. The third-order valence-electron chi connectivity index (χ3n) is 4.89. The van der Waals surface area contributed by atoms with Crippen molar-refractivity contribution in [2.75, 3.05) is 0 Å². The third-order valence-corrected chi connectivity index (χ3v) is 4.89. The van der Waals surface area contributed by atoms with Crippen LogP contribution in [0.15, 0.2) is 65.3 Å². The van der Waals surface area contributed by atoms with E-state index in [2.05, 4.69) is 76.0 Å². The van der Waals surface area contributed by atoms with E-state index in [1.54, 1.807) is 0 Å². The monoisotopic (exact) mass is 323 g/mol. The molecule has 0 amide bonds. The molecule has 0 fully saturated rings.